The van der Waals surface area contributed by atoms with E-state index in [4.69, 9.17) is 0 Å². The van der Waals surface area contributed by atoms with Gasteiger partial charge in [0.2, 0.25) is 0 Å². The molecule has 0 atom stereocenters. The molecule has 0 aliphatic heterocycles. The Balaban J connectivity index is 2.36. The Morgan fingerprint density at radius 3 is 2.88 bits per heavy atom. The van der Waals surface area contributed by atoms with Crippen LogP contribution >= 0.6 is 0 Å². The highest BCUT2D eigenvalue weighted by atomic mass is 15.0. The third-order valence-corrected chi connectivity index (χ3v) is 2.56. The topological polar surface area (TPSA) is 50.7 Å². The van der Waals surface area contributed by atoms with E-state index in [-0.39, 0.29) is 0 Å². The fraction of sp³-hybridized carbons (Fsp3) is 0.308. The van der Waals surface area contributed by atoms with E-state index in [9.17, 15) is 0 Å². The zero-order valence-electron chi connectivity index (χ0n) is 10.1. The minimum Gasteiger partial charge on any atom is -0.370 e. The van der Waals surface area contributed by atoms with Crippen molar-refractivity contribution in [2.75, 3.05) is 11.9 Å². The Labute approximate surface area is 101 Å². The fourth-order valence-corrected chi connectivity index (χ4v) is 1.67. The largest absolute Gasteiger partial charge is 0.370 e. The second-order valence-electron chi connectivity index (χ2n) is 3.86. The molecule has 0 aliphatic carbocycles. The Bertz CT molecular complexity index is 482. The van der Waals surface area contributed by atoms with E-state index >= 15 is 0 Å². The smallest absolute Gasteiger partial charge is 0.132 e. The molecule has 4 nitrogen and oxygen atoms in total. The van der Waals surface area contributed by atoms with Crippen molar-refractivity contribution >= 4 is 5.82 Å². The second kappa shape index (κ2) is 5.39. The monoisotopic (exact) mass is 228 g/mol. The van der Waals surface area contributed by atoms with Gasteiger partial charge in [-0.05, 0) is 25.5 Å². The Kier molecular flexibility index (Phi) is 3.65. The van der Waals surface area contributed by atoms with Gasteiger partial charge < -0.3 is 5.32 Å². The maximum absolute atomic E-state index is 4.33. The highest BCUT2D eigenvalue weighted by Crippen LogP contribution is 2.23. The van der Waals surface area contributed by atoms with Crippen LogP contribution in [0.3, 0.4) is 0 Å². The zero-order valence-corrected chi connectivity index (χ0v) is 10.1. The molecule has 2 rings (SSSR count). The first-order valence-electron chi connectivity index (χ1n) is 5.78. The van der Waals surface area contributed by atoms with Crippen LogP contribution in [0.15, 0.2) is 30.9 Å². The van der Waals surface area contributed by atoms with Crippen molar-refractivity contribution in [2.45, 2.75) is 20.3 Å². The van der Waals surface area contributed by atoms with Crippen LogP contribution in [-0.2, 0) is 0 Å². The lowest BCUT2D eigenvalue weighted by Crippen LogP contribution is -2.05. The molecule has 2 aromatic rings. The van der Waals surface area contributed by atoms with Crippen LogP contribution < -0.4 is 5.32 Å². The molecule has 0 amide bonds. The summed E-state index contributed by atoms with van der Waals surface area (Å²) < 4.78 is 0. The lowest BCUT2D eigenvalue weighted by atomic mass is 10.1. The molecule has 0 unspecified atom stereocenters. The summed E-state index contributed by atoms with van der Waals surface area (Å²) in [6.07, 6.45) is 6.24. The second-order valence-corrected chi connectivity index (χ2v) is 3.86. The molecular formula is C13H16N4. The third kappa shape index (κ3) is 2.58. The highest BCUT2D eigenvalue weighted by molar-refractivity contribution is 5.66. The Hall–Kier alpha value is -1.97. The number of anilines is 1. The van der Waals surface area contributed by atoms with Gasteiger partial charge in [-0.1, -0.05) is 6.92 Å². The van der Waals surface area contributed by atoms with Crippen molar-refractivity contribution in [1.82, 2.24) is 15.0 Å². The molecule has 17 heavy (non-hydrogen) atoms. The average Bonchev–Trinajstić information content (AvgIpc) is 2.39. The van der Waals surface area contributed by atoms with E-state index in [1.165, 1.54) is 0 Å². The van der Waals surface area contributed by atoms with Crippen LogP contribution in [0.2, 0.25) is 0 Å². The molecule has 0 aromatic carbocycles. The molecule has 2 aromatic heterocycles. The minimum absolute atomic E-state index is 0.903. The first kappa shape index (κ1) is 11.5. The lowest BCUT2D eigenvalue weighted by Gasteiger charge is -2.10. The van der Waals surface area contributed by atoms with Gasteiger partial charge in [-0.3, -0.25) is 4.98 Å². The quantitative estimate of drug-likeness (QED) is 0.874. The van der Waals surface area contributed by atoms with Gasteiger partial charge in [-0.25, -0.2) is 9.97 Å². The molecule has 0 saturated carbocycles. The predicted molar refractivity (Wildman–Crippen MR) is 68.8 cm³/mol. The van der Waals surface area contributed by atoms with Crippen LogP contribution in [0.25, 0.3) is 11.3 Å². The molecule has 0 bridgehead atoms. The van der Waals surface area contributed by atoms with E-state index in [2.05, 4.69) is 27.2 Å². The summed E-state index contributed by atoms with van der Waals surface area (Å²) in [7, 11) is 0. The van der Waals surface area contributed by atoms with Crippen molar-refractivity contribution in [3.05, 3.63) is 36.4 Å². The number of aromatic nitrogens is 3. The van der Waals surface area contributed by atoms with Crippen LogP contribution in [0.4, 0.5) is 5.82 Å². The van der Waals surface area contributed by atoms with E-state index < -0.39 is 0 Å². The normalized spacial score (nSPS) is 10.2. The molecule has 0 aliphatic rings. The molecule has 4 heteroatoms. The highest BCUT2D eigenvalue weighted by Gasteiger charge is 2.08. The van der Waals surface area contributed by atoms with Gasteiger partial charge in [0.15, 0.2) is 0 Å². The summed E-state index contributed by atoms with van der Waals surface area (Å²) in [4.78, 5) is 12.7. The standard InChI is InChI=1S/C13H16N4/c1-3-6-15-13-10(2)12(16-9-17-13)11-5-4-7-14-8-11/h4-5,7-9H,3,6H2,1-2H3,(H,15,16,17). The minimum atomic E-state index is 0.903. The summed E-state index contributed by atoms with van der Waals surface area (Å²) in [5.74, 6) is 0.903. The molecule has 0 fully saturated rings. The number of rotatable bonds is 4. The summed E-state index contributed by atoms with van der Waals surface area (Å²) in [6.45, 7) is 5.08. The van der Waals surface area contributed by atoms with Crippen molar-refractivity contribution in [2.24, 2.45) is 0 Å². The number of pyridine rings is 1. The summed E-state index contributed by atoms with van der Waals surface area (Å²) in [5, 5.41) is 3.30. The fourth-order valence-electron chi connectivity index (χ4n) is 1.67. The molecule has 0 saturated heterocycles. The van der Waals surface area contributed by atoms with Gasteiger partial charge in [0.05, 0.1) is 5.69 Å². The van der Waals surface area contributed by atoms with Crippen molar-refractivity contribution < 1.29 is 0 Å². The molecule has 1 N–H and O–H groups in total. The molecular weight excluding hydrogens is 212 g/mol. The zero-order chi connectivity index (χ0) is 12.1. The summed E-state index contributed by atoms with van der Waals surface area (Å²) in [5.41, 5.74) is 3.02. The van der Waals surface area contributed by atoms with Crippen LogP contribution in [0, 0.1) is 6.92 Å². The lowest BCUT2D eigenvalue weighted by molar-refractivity contribution is 0.960. The van der Waals surface area contributed by atoms with Crippen LogP contribution in [0.1, 0.15) is 18.9 Å². The van der Waals surface area contributed by atoms with Gasteiger partial charge in [0.25, 0.3) is 0 Å². The van der Waals surface area contributed by atoms with Crippen LogP contribution in [0.5, 0.6) is 0 Å². The van der Waals surface area contributed by atoms with E-state index in [0.717, 1.165) is 35.6 Å². The van der Waals surface area contributed by atoms with Crippen molar-refractivity contribution in [1.29, 1.82) is 0 Å². The van der Waals surface area contributed by atoms with Gasteiger partial charge in [-0.2, -0.15) is 0 Å². The number of nitrogens with one attached hydrogen (secondary N) is 1. The molecule has 88 valence electrons. The maximum Gasteiger partial charge on any atom is 0.132 e. The Morgan fingerprint density at radius 1 is 1.29 bits per heavy atom. The number of hydrogen-bond acceptors (Lipinski definition) is 4. The molecule has 2 heterocycles. The third-order valence-electron chi connectivity index (χ3n) is 2.56. The molecule has 0 radical (unpaired) electrons. The number of nitrogens with zero attached hydrogens (tertiary/aromatic N) is 3. The summed E-state index contributed by atoms with van der Waals surface area (Å²) in [6, 6.07) is 3.92. The van der Waals surface area contributed by atoms with Gasteiger partial charge in [-0.15, -0.1) is 0 Å². The first-order chi connectivity index (χ1) is 8.33. The maximum atomic E-state index is 4.33. The van der Waals surface area contributed by atoms with Gasteiger partial charge >= 0.3 is 0 Å². The Morgan fingerprint density at radius 2 is 2.18 bits per heavy atom. The molecule has 0 spiro atoms. The van der Waals surface area contributed by atoms with Crippen molar-refractivity contribution in [3.63, 3.8) is 0 Å². The van der Waals surface area contributed by atoms with Gasteiger partial charge in [0.1, 0.15) is 12.1 Å². The van der Waals surface area contributed by atoms with E-state index in [1.807, 2.05) is 25.3 Å². The van der Waals surface area contributed by atoms with E-state index in [1.54, 1.807) is 12.5 Å². The first-order valence-corrected chi connectivity index (χ1v) is 5.78. The van der Waals surface area contributed by atoms with Crippen LogP contribution in [-0.4, -0.2) is 21.5 Å². The SMILES string of the molecule is CCCNc1ncnc(-c2cccnc2)c1C. The van der Waals surface area contributed by atoms with E-state index in [0.29, 0.717) is 0 Å². The predicted octanol–water partition coefficient (Wildman–Crippen LogP) is 2.67. The average molecular weight is 228 g/mol. The number of hydrogen-bond donors (Lipinski definition) is 1. The van der Waals surface area contributed by atoms with Crippen molar-refractivity contribution in [3.8, 4) is 11.3 Å². The van der Waals surface area contributed by atoms with Gasteiger partial charge in [0, 0.05) is 30.1 Å². The summed E-state index contributed by atoms with van der Waals surface area (Å²) >= 11 is 0.